The lowest BCUT2D eigenvalue weighted by atomic mass is 9.96. The fourth-order valence-electron chi connectivity index (χ4n) is 4.84. The van der Waals surface area contributed by atoms with Gasteiger partial charge >= 0.3 is 12.7 Å². The van der Waals surface area contributed by atoms with Gasteiger partial charge in [-0.3, -0.25) is 24.1 Å². The Bertz CT molecular complexity index is 1740. The fraction of sp³-hybridized carbons (Fsp3) is 0.276. The van der Waals surface area contributed by atoms with Crippen molar-refractivity contribution in [2.75, 3.05) is 5.01 Å². The van der Waals surface area contributed by atoms with Gasteiger partial charge in [-0.15, -0.1) is 0 Å². The molecule has 3 heterocycles. The minimum Gasteiger partial charge on any atom is -0.393 e. The Hall–Kier alpha value is -5.19. The number of alkyl halides is 5. The first-order valence-corrected chi connectivity index (χ1v) is 13.7. The number of anilines is 1. The number of pyridine rings is 1. The molecule has 46 heavy (non-hydrogen) atoms. The summed E-state index contributed by atoms with van der Waals surface area (Å²) in [6.07, 6.45) is -0.273. The Morgan fingerprint density at radius 3 is 2.57 bits per heavy atom. The number of hydrogen-bond donors (Lipinski definition) is 5. The van der Waals surface area contributed by atoms with Gasteiger partial charge in [-0.2, -0.15) is 22.0 Å². The lowest BCUT2D eigenvalue weighted by molar-refractivity contribution is -0.123. The smallest absolute Gasteiger partial charge is 0.393 e. The summed E-state index contributed by atoms with van der Waals surface area (Å²) in [5.74, 6) is 3.94. The van der Waals surface area contributed by atoms with Crippen molar-refractivity contribution in [1.82, 2.24) is 25.2 Å². The summed E-state index contributed by atoms with van der Waals surface area (Å²) in [6, 6.07) is 6.05. The summed E-state index contributed by atoms with van der Waals surface area (Å²) in [7, 11) is 0. The van der Waals surface area contributed by atoms with Crippen LogP contribution in [0.3, 0.4) is 0 Å². The number of nitrogens with two attached hydrogens (primary N) is 2. The molecule has 1 aliphatic heterocycles. The van der Waals surface area contributed by atoms with Crippen LogP contribution in [-0.2, 0) is 4.79 Å². The normalized spacial score (nSPS) is 19.6. The molecule has 2 unspecified atom stereocenters. The molecule has 0 saturated carbocycles. The molecule has 2 bridgehead atoms. The number of halogens is 6. The molecule has 7 N–H and O–H groups in total. The van der Waals surface area contributed by atoms with E-state index in [0.29, 0.717) is 24.1 Å². The monoisotopic (exact) mass is 649 g/mol. The summed E-state index contributed by atoms with van der Waals surface area (Å²) in [6.45, 7) is -1.41. The summed E-state index contributed by atoms with van der Waals surface area (Å²) in [5, 5.41) is 12.8. The molecule has 0 spiro atoms. The number of fused-ring (bicyclic) bond motifs is 2. The van der Waals surface area contributed by atoms with Gasteiger partial charge in [-0.1, -0.05) is 13.3 Å². The first-order valence-electron chi connectivity index (χ1n) is 13.7. The van der Waals surface area contributed by atoms with E-state index in [1.807, 2.05) is 5.32 Å². The zero-order chi connectivity index (χ0) is 33.8. The second-order valence-corrected chi connectivity index (χ2v) is 10.4. The first kappa shape index (κ1) is 33.7. The van der Waals surface area contributed by atoms with Crippen LogP contribution in [-0.4, -0.2) is 39.4 Å². The summed E-state index contributed by atoms with van der Waals surface area (Å²) in [4.78, 5) is 35.0. The molecule has 11 nitrogen and oxygen atoms in total. The number of nitrogens with one attached hydrogen (secondary N) is 3. The van der Waals surface area contributed by atoms with E-state index in [4.69, 9.17) is 17.0 Å². The van der Waals surface area contributed by atoms with Crippen LogP contribution in [0.4, 0.5) is 32.0 Å². The van der Waals surface area contributed by atoms with Gasteiger partial charge in [-0.25, -0.2) is 15.2 Å². The number of amides is 1. The molecule has 3 aromatic rings. The van der Waals surface area contributed by atoms with Crippen LogP contribution >= 0.6 is 0 Å². The van der Waals surface area contributed by atoms with E-state index in [0.717, 1.165) is 36.8 Å². The highest BCUT2D eigenvalue weighted by atomic mass is 19.4. The molecule has 244 valence electrons. The number of carbonyl (C=O) groups excluding carboxylic acids is 1. The maximum atomic E-state index is 14.3. The Morgan fingerprint density at radius 1 is 1.17 bits per heavy atom. The van der Waals surface area contributed by atoms with Gasteiger partial charge < -0.3 is 21.8 Å². The molecule has 0 fully saturated rings. The Balaban J connectivity index is 1.82. The van der Waals surface area contributed by atoms with Crippen LogP contribution in [0.2, 0.25) is 0 Å². The summed E-state index contributed by atoms with van der Waals surface area (Å²) >= 11 is 0. The average molecular weight is 650 g/mol. The van der Waals surface area contributed by atoms with Crippen LogP contribution in [0.5, 0.6) is 0 Å². The van der Waals surface area contributed by atoms with Crippen molar-refractivity contribution in [3.8, 4) is 11.3 Å². The molecule has 4 rings (SSSR count). The van der Waals surface area contributed by atoms with Gasteiger partial charge in [0.2, 0.25) is 5.91 Å². The predicted octanol–water partition coefficient (Wildman–Crippen LogP) is 4.14. The second-order valence-electron chi connectivity index (χ2n) is 10.4. The van der Waals surface area contributed by atoms with Gasteiger partial charge in [0.15, 0.2) is 0 Å². The van der Waals surface area contributed by atoms with Gasteiger partial charge in [0.05, 0.1) is 40.8 Å². The Labute approximate surface area is 258 Å². The van der Waals surface area contributed by atoms with Crippen molar-refractivity contribution in [2.45, 2.75) is 45.0 Å². The molecular weight excluding hydrogens is 620 g/mol. The Kier molecular flexibility index (Phi) is 10.1. The minimum atomic E-state index is -4.88. The van der Waals surface area contributed by atoms with Gasteiger partial charge in [0.1, 0.15) is 11.5 Å². The number of hydrogen-bond acceptors (Lipinski definition) is 9. The number of allylic oxidation sites excluding steroid dienone is 2. The number of rotatable bonds is 7. The zero-order valence-corrected chi connectivity index (χ0v) is 24.2. The second kappa shape index (κ2) is 13.8. The zero-order valence-electron chi connectivity index (χ0n) is 24.2. The highest BCUT2D eigenvalue weighted by Crippen LogP contribution is 2.32. The molecule has 2 aromatic heterocycles. The summed E-state index contributed by atoms with van der Waals surface area (Å²) in [5.41, 5.74) is 2.53. The molecular formula is C29H29F6N9O2. The van der Waals surface area contributed by atoms with Crippen LogP contribution in [0.15, 0.2) is 71.3 Å². The SMILES string of the molecule is CC1CCCC(n2cnc(-c3cc(F)ccc3N(N)/C=C(\N)C(F)(F)F)cc2=O)c2cc(ccn2)/C(NC(F)F)=C(/C=N)NC1=O. The van der Waals surface area contributed by atoms with E-state index in [-0.39, 0.29) is 46.0 Å². The maximum absolute atomic E-state index is 14.3. The van der Waals surface area contributed by atoms with Crippen LogP contribution in [0.25, 0.3) is 17.0 Å². The fourth-order valence-corrected chi connectivity index (χ4v) is 4.84. The average Bonchev–Trinajstić information content (AvgIpc) is 3.00. The van der Waals surface area contributed by atoms with Gasteiger partial charge in [-0.05, 0) is 43.2 Å². The van der Waals surface area contributed by atoms with E-state index in [1.165, 1.54) is 22.9 Å². The van der Waals surface area contributed by atoms with E-state index in [1.54, 1.807) is 6.92 Å². The van der Waals surface area contributed by atoms with E-state index in [9.17, 15) is 35.9 Å². The van der Waals surface area contributed by atoms with Crippen molar-refractivity contribution in [1.29, 1.82) is 5.41 Å². The van der Waals surface area contributed by atoms with Crippen molar-refractivity contribution in [3.05, 3.63) is 93.9 Å². The number of carbonyl (C=O) groups is 1. The van der Waals surface area contributed by atoms with Gasteiger partial charge in [0.25, 0.3) is 5.56 Å². The lowest BCUT2D eigenvalue weighted by Crippen LogP contribution is -2.33. The maximum Gasteiger partial charge on any atom is 0.432 e. The standard InChI is InChI=1S/C29H29F6N9O2/c1-15-3-2-4-23(20-9-16(7-8-39-20)26(42-28(31)32)21(12-36)41-27(15)46)43-14-40-19(11-25(43)45)18-10-17(30)5-6-22(18)44(38)13-24(37)29(33,34)35/h5-15,23,28,36,42H,2-4,37-38H2,1H3,(H,41,46)/b24-13-,26-21+,36-12?. The molecule has 0 saturated heterocycles. The van der Waals surface area contributed by atoms with Crippen molar-refractivity contribution in [3.63, 3.8) is 0 Å². The lowest BCUT2D eigenvalue weighted by Gasteiger charge is -2.24. The molecule has 17 heteroatoms. The molecule has 0 aliphatic carbocycles. The third kappa shape index (κ3) is 7.71. The van der Waals surface area contributed by atoms with E-state index in [2.05, 4.69) is 15.3 Å². The number of aromatic nitrogens is 3. The number of benzene rings is 1. The number of hydrazine groups is 1. The topological polar surface area (TPSA) is 168 Å². The number of nitrogens with zero attached hydrogens (tertiary/aromatic N) is 4. The predicted molar refractivity (Wildman–Crippen MR) is 157 cm³/mol. The quantitative estimate of drug-likeness (QED) is 0.0837. The third-order valence-corrected chi connectivity index (χ3v) is 7.19. The Morgan fingerprint density at radius 2 is 1.91 bits per heavy atom. The van der Waals surface area contributed by atoms with Crippen molar-refractivity contribution >= 4 is 23.5 Å². The van der Waals surface area contributed by atoms with Crippen LogP contribution in [0.1, 0.15) is 43.5 Å². The molecule has 1 aromatic carbocycles. The molecule has 1 amide bonds. The van der Waals surface area contributed by atoms with Crippen molar-refractivity contribution in [2.24, 2.45) is 17.5 Å². The molecule has 2 atom stereocenters. The van der Waals surface area contributed by atoms with E-state index >= 15 is 0 Å². The molecule has 1 aliphatic rings. The van der Waals surface area contributed by atoms with Crippen LogP contribution < -0.4 is 32.8 Å². The largest absolute Gasteiger partial charge is 0.432 e. The van der Waals surface area contributed by atoms with Gasteiger partial charge in [0, 0.05) is 41.7 Å². The minimum absolute atomic E-state index is 0.108. The highest BCUT2D eigenvalue weighted by Gasteiger charge is 2.32. The third-order valence-electron chi connectivity index (χ3n) is 7.19. The van der Waals surface area contributed by atoms with Crippen molar-refractivity contribution < 1.29 is 31.1 Å². The highest BCUT2D eigenvalue weighted by molar-refractivity contribution is 5.95. The van der Waals surface area contributed by atoms with Crippen LogP contribution in [0, 0.1) is 17.1 Å². The first-order chi connectivity index (χ1) is 21.7. The van der Waals surface area contributed by atoms with E-state index < -0.39 is 47.7 Å². The molecule has 0 radical (unpaired) electrons. The summed E-state index contributed by atoms with van der Waals surface area (Å²) < 4.78 is 81.5.